The predicted octanol–water partition coefficient (Wildman–Crippen LogP) is 2.27. The number of hydrogen-bond donors (Lipinski definition) is 0. The maximum Gasteiger partial charge on any atom is 0.254 e. The zero-order chi connectivity index (χ0) is 18.8. The second kappa shape index (κ2) is 7.85. The van der Waals surface area contributed by atoms with Crippen LogP contribution in [0.1, 0.15) is 43.6 Å². The minimum Gasteiger partial charge on any atom is -0.372 e. The summed E-state index contributed by atoms with van der Waals surface area (Å²) in [5, 5.41) is 0. The molecule has 2 rings (SSSR count). The van der Waals surface area contributed by atoms with Gasteiger partial charge in [0, 0.05) is 31.7 Å². The molecule has 2 atom stereocenters. The molecule has 1 fully saturated rings. The van der Waals surface area contributed by atoms with Gasteiger partial charge in [0.15, 0.2) is 0 Å². The van der Waals surface area contributed by atoms with Crippen LogP contribution in [0.2, 0.25) is 0 Å². The van der Waals surface area contributed by atoms with Gasteiger partial charge in [-0.3, -0.25) is 4.79 Å². The fraction of sp³-hybridized carbons (Fsp3) is 0.611. The van der Waals surface area contributed by atoms with Gasteiger partial charge in [0.05, 0.1) is 17.1 Å². The van der Waals surface area contributed by atoms with Crippen molar-refractivity contribution >= 4 is 15.9 Å². The molecule has 0 saturated carbocycles. The van der Waals surface area contributed by atoms with Gasteiger partial charge in [-0.25, -0.2) is 8.42 Å². The van der Waals surface area contributed by atoms with Crippen LogP contribution < -0.4 is 0 Å². The van der Waals surface area contributed by atoms with Gasteiger partial charge in [0.25, 0.3) is 5.91 Å². The maximum absolute atomic E-state index is 12.9. The van der Waals surface area contributed by atoms with E-state index >= 15 is 0 Å². The third-order valence-corrected chi connectivity index (χ3v) is 6.66. The number of carbonyl (C=O) groups excluding carboxylic acids is 1. The normalized spacial score (nSPS) is 21.6. The van der Waals surface area contributed by atoms with Crippen LogP contribution in [0.25, 0.3) is 0 Å². The third kappa shape index (κ3) is 4.22. The molecule has 1 amide bonds. The van der Waals surface area contributed by atoms with Crippen molar-refractivity contribution in [3.8, 4) is 0 Å². The molecule has 1 aliphatic rings. The predicted molar refractivity (Wildman–Crippen MR) is 97.2 cm³/mol. The smallest absolute Gasteiger partial charge is 0.254 e. The molecule has 0 bridgehead atoms. The van der Waals surface area contributed by atoms with E-state index in [0.29, 0.717) is 37.3 Å². The molecule has 140 valence electrons. The number of nitrogens with zero attached hydrogens (tertiary/aromatic N) is 2. The summed E-state index contributed by atoms with van der Waals surface area (Å²) in [5.74, 6) is -0.155. The molecule has 0 aromatic heterocycles. The van der Waals surface area contributed by atoms with E-state index in [1.54, 1.807) is 24.0 Å². The lowest BCUT2D eigenvalue weighted by atomic mass is 10.1. The number of sulfonamides is 1. The van der Waals surface area contributed by atoms with Crippen LogP contribution in [0.4, 0.5) is 0 Å². The van der Waals surface area contributed by atoms with E-state index in [2.05, 4.69) is 0 Å². The third-order valence-electron chi connectivity index (χ3n) is 4.47. The van der Waals surface area contributed by atoms with Gasteiger partial charge < -0.3 is 9.64 Å². The van der Waals surface area contributed by atoms with Gasteiger partial charge >= 0.3 is 0 Å². The summed E-state index contributed by atoms with van der Waals surface area (Å²) < 4.78 is 32.8. The highest BCUT2D eigenvalue weighted by atomic mass is 32.2. The van der Waals surface area contributed by atoms with Crippen LogP contribution >= 0.6 is 0 Å². The van der Waals surface area contributed by atoms with E-state index in [-0.39, 0.29) is 23.0 Å². The average molecular weight is 368 g/mol. The Kier molecular flexibility index (Phi) is 6.24. The molecule has 1 saturated heterocycles. The molecule has 0 aliphatic carbocycles. The van der Waals surface area contributed by atoms with Crippen molar-refractivity contribution in [3.63, 3.8) is 0 Å². The lowest BCUT2D eigenvalue weighted by Crippen LogP contribution is -2.48. The van der Waals surface area contributed by atoms with Crippen LogP contribution in [0.15, 0.2) is 23.1 Å². The van der Waals surface area contributed by atoms with Crippen LogP contribution in [-0.4, -0.2) is 61.9 Å². The number of ether oxygens (including phenoxy) is 1. The number of benzene rings is 1. The fourth-order valence-electron chi connectivity index (χ4n) is 3.24. The number of amides is 1. The number of morpholine rings is 1. The van der Waals surface area contributed by atoms with Gasteiger partial charge in [-0.15, -0.1) is 0 Å². The molecule has 6 nitrogen and oxygen atoms in total. The molecule has 1 aromatic rings. The summed E-state index contributed by atoms with van der Waals surface area (Å²) in [6.07, 6.45) is -0.0611. The highest BCUT2D eigenvalue weighted by Crippen LogP contribution is 2.23. The van der Waals surface area contributed by atoms with E-state index in [9.17, 15) is 13.2 Å². The van der Waals surface area contributed by atoms with Gasteiger partial charge in [-0.2, -0.15) is 4.31 Å². The second-order valence-electron chi connectivity index (χ2n) is 6.54. The quantitative estimate of drug-likeness (QED) is 0.800. The van der Waals surface area contributed by atoms with Crippen molar-refractivity contribution in [2.45, 2.75) is 51.7 Å². The van der Waals surface area contributed by atoms with Crippen LogP contribution in [0, 0.1) is 6.92 Å². The van der Waals surface area contributed by atoms with Crippen LogP contribution in [0.3, 0.4) is 0 Å². The largest absolute Gasteiger partial charge is 0.372 e. The molecule has 25 heavy (non-hydrogen) atoms. The molecular weight excluding hydrogens is 340 g/mol. The van der Waals surface area contributed by atoms with E-state index in [0.717, 1.165) is 0 Å². The Labute approximate surface area is 150 Å². The summed E-state index contributed by atoms with van der Waals surface area (Å²) in [7, 11) is -3.60. The number of rotatable bonds is 5. The molecule has 0 unspecified atom stereocenters. The topological polar surface area (TPSA) is 66.9 Å². The van der Waals surface area contributed by atoms with E-state index in [1.807, 2.05) is 27.7 Å². The van der Waals surface area contributed by atoms with Crippen LogP contribution in [0.5, 0.6) is 0 Å². The number of carbonyl (C=O) groups is 1. The molecule has 0 spiro atoms. The second-order valence-corrected chi connectivity index (χ2v) is 8.44. The number of aryl methyl sites for hydroxylation is 1. The summed E-state index contributed by atoms with van der Waals surface area (Å²) in [6, 6.07) is 4.91. The Morgan fingerprint density at radius 1 is 1.20 bits per heavy atom. The maximum atomic E-state index is 12.9. The average Bonchev–Trinajstić information content (AvgIpc) is 2.54. The van der Waals surface area contributed by atoms with Crippen molar-refractivity contribution in [1.82, 2.24) is 9.21 Å². The highest BCUT2D eigenvalue weighted by Gasteiger charge is 2.29. The van der Waals surface area contributed by atoms with E-state index in [4.69, 9.17) is 4.74 Å². The molecule has 0 N–H and O–H groups in total. The van der Waals surface area contributed by atoms with Crippen molar-refractivity contribution in [2.75, 3.05) is 26.2 Å². The van der Waals surface area contributed by atoms with E-state index < -0.39 is 10.0 Å². The lowest BCUT2D eigenvalue weighted by Gasteiger charge is -2.35. The van der Waals surface area contributed by atoms with Crippen molar-refractivity contribution in [1.29, 1.82) is 0 Å². The fourth-order valence-corrected chi connectivity index (χ4v) is 4.95. The standard InChI is InChI=1S/C18H28N2O4S/c1-6-20(7-2)25(22,23)17-10-16(9-8-13(17)3)18(21)19-11-14(4)24-15(5)12-19/h8-10,14-15H,6-7,11-12H2,1-5H3/t14-,15-/m1/s1. The van der Waals surface area contributed by atoms with Crippen molar-refractivity contribution in [3.05, 3.63) is 29.3 Å². The van der Waals surface area contributed by atoms with Gasteiger partial charge in [0.1, 0.15) is 0 Å². The summed E-state index contributed by atoms with van der Waals surface area (Å²) in [4.78, 5) is 14.8. The molecule has 1 heterocycles. The zero-order valence-electron chi connectivity index (χ0n) is 15.7. The van der Waals surface area contributed by atoms with Crippen molar-refractivity contribution in [2.24, 2.45) is 0 Å². The van der Waals surface area contributed by atoms with Crippen LogP contribution in [-0.2, 0) is 14.8 Å². The molecule has 0 radical (unpaired) electrons. The summed E-state index contributed by atoms with van der Waals surface area (Å²) in [5.41, 5.74) is 1.05. The first-order valence-electron chi connectivity index (χ1n) is 8.76. The van der Waals surface area contributed by atoms with E-state index in [1.165, 1.54) is 10.4 Å². The molecule has 7 heteroatoms. The monoisotopic (exact) mass is 368 g/mol. The Bertz CT molecular complexity index is 719. The van der Waals surface area contributed by atoms with Crippen molar-refractivity contribution < 1.29 is 17.9 Å². The summed E-state index contributed by atoms with van der Waals surface area (Å²) >= 11 is 0. The van der Waals surface area contributed by atoms with Gasteiger partial charge in [-0.05, 0) is 38.5 Å². The Hall–Kier alpha value is -1.44. The molecular formula is C18H28N2O4S. The summed E-state index contributed by atoms with van der Waals surface area (Å²) in [6.45, 7) is 11.0. The SMILES string of the molecule is CCN(CC)S(=O)(=O)c1cc(C(=O)N2C[C@@H](C)O[C@H](C)C2)ccc1C. The minimum absolute atomic E-state index is 0.0305. The Morgan fingerprint density at radius 3 is 2.28 bits per heavy atom. The minimum atomic E-state index is -3.60. The number of hydrogen-bond acceptors (Lipinski definition) is 4. The first-order chi connectivity index (χ1) is 11.7. The first-order valence-corrected chi connectivity index (χ1v) is 10.2. The first kappa shape index (κ1) is 19.9. The molecule has 1 aliphatic heterocycles. The van der Waals surface area contributed by atoms with Gasteiger partial charge in [0.2, 0.25) is 10.0 Å². The molecule has 1 aromatic carbocycles. The zero-order valence-corrected chi connectivity index (χ0v) is 16.5. The van der Waals surface area contributed by atoms with Gasteiger partial charge in [-0.1, -0.05) is 19.9 Å². The Balaban J connectivity index is 2.37. The lowest BCUT2D eigenvalue weighted by molar-refractivity contribution is -0.0586. The highest BCUT2D eigenvalue weighted by molar-refractivity contribution is 7.89. The Morgan fingerprint density at radius 2 is 1.76 bits per heavy atom.